The summed E-state index contributed by atoms with van der Waals surface area (Å²) in [5.41, 5.74) is 7.05. The monoisotopic (exact) mass is 384 g/mol. The second-order valence-corrected chi connectivity index (χ2v) is 6.51. The van der Waals surface area contributed by atoms with Crippen LogP contribution in [0, 0.1) is 11.6 Å². The number of carbonyl (C=O) groups excluding carboxylic acids is 1. The molecular weight excluding hydrogens is 366 g/mol. The van der Waals surface area contributed by atoms with Crippen molar-refractivity contribution in [3.63, 3.8) is 0 Å². The SMILES string of the molecule is Nc1onc(-c2ccccc2F)c1C(=O)N1CCN(c2ccc(F)cc2)CC1. The fraction of sp³-hybridized carbons (Fsp3) is 0.200. The summed E-state index contributed by atoms with van der Waals surface area (Å²) in [4.78, 5) is 16.7. The molecule has 0 radical (unpaired) electrons. The smallest absolute Gasteiger partial charge is 0.261 e. The molecule has 3 aromatic rings. The van der Waals surface area contributed by atoms with Crippen molar-refractivity contribution in [3.8, 4) is 11.3 Å². The molecule has 2 heterocycles. The van der Waals surface area contributed by atoms with E-state index in [0.717, 1.165) is 5.69 Å². The van der Waals surface area contributed by atoms with Crippen molar-refractivity contribution in [3.05, 3.63) is 65.7 Å². The van der Waals surface area contributed by atoms with Crippen molar-refractivity contribution >= 4 is 17.5 Å². The standard InChI is InChI=1S/C20H18F2N4O2/c21-13-5-7-14(8-6-13)25-9-11-26(12-10-25)20(27)17-18(24-28-19(17)23)15-3-1-2-4-16(15)22/h1-8H,9-12,23H2. The molecule has 8 heteroatoms. The summed E-state index contributed by atoms with van der Waals surface area (Å²) in [6.45, 7) is 2.05. The third-order valence-corrected chi connectivity index (χ3v) is 4.82. The molecule has 1 amide bonds. The zero-order chi connectivity index (χ0) is 19.7. The fourth-order valence-electron chi connectivity index (χ4n) is 3.32. The Hall–Kier alpha value is -3.42. The van der Waals surface area contributed by atoms with Gasteiger partial charge in [0.25, 0.3) is 5.91 Å². The molecule has 1 aliphatic heterocycles. The Labute approximate surface area is 160 Å². The van der Waals surface area contributed by atoms with E-state index in [1.807, 2.05) is 0 Å². The van der Waals surface area contributed by atoms with E-state index in [-0.39, 0.29) is 34.4 Å². The van der Waals surface area contributed by atoms with E-state index >= 15 is 0 Å². The highest BCUT2D eigenvalue weighted by molar-refractivity contribution is 6.03. The van der Waals surface area contributed by atoms with E-state index in [9.17, 15) is 13.6 Å². The van der Waals surface area contributed by atoms with Crippen molar-refractivity contribution < 1.29 is 18.1 Å². The number of nitrogens with two attached hydrogens (primary N) is 1. The number of hydrogen-bond acceptors (Lipinski definition) is 5. The van der Waals surface area contributed by atoms with Gasteiger partial charge >= 0.3 is 0 Å². The van der Waals surface area contributed by atoms with Crippen molar-refractivity contribution in [2.45, 2.75) is 0 Å². The van der Waals surface area contributed by atoms with Gasteiger partial charge in [-0.2, -0.15) is 0 Å². The van der Waals surface area contributed by atoms with E-state index in [0.29, 0.717) is 26.2 Å². The highest BCUT2D eigenvalue weighted by atomic mass is 19.1. The molecule has 0 saturated carbocycles. The molecule has 0 bridgehead atoms. The Morgan fingerprint density at radius 2 is 1.68 bits per heavy atom. The average molecular weight is 384 g/mol. The maximum Gasteiger partial charge on any atom is 0.261 e. The first kappa shape index (κ1) is 18.0. The number of carbonyl (C=O) groups is 1. The second-order valence-electron chi connectivity index (χ2n) is 6.51. The lowest BCUT2D eigenvalue weighted by atomic mass is 10.1. The predicted octanol–water partition coefficient (Wildman–Crippen LogP) is 3.16. The number of piperazine rings is 1. The lowest BCUT2D eigenvalue weighted by molar-refractivity contribution is 0.0748. The van der Waals surface area contributed by atoms with Gasteiger partial charge in [-0.1, -0.05) is 17.3 Å². The Kier molecular flexibility index (Phi) is 4.68. The van der Waals surface area contributed by atoms with Gasteiger partial charge in [0.2, 0.25) is 5.88 Å². The summed E-state index contributed by atoms with van der Waals surface area (Å²) in [5, 5.41) is 3.80. The number of rotatable bonds is 3. The Bertz CT molecular complexity index is 996. The van der Waals surface area contributed by atoms with Gasteiger partial charge in [0.05, 0.1) is 0 Å². The Morgan fingerprint density at radius 3 is 2.36 bits per heavy atom. The number of benzene rings is 2. The van der Waals surface area contributed by atoms with Crippen LogP contribution in [0.15, 0.2) is 53.1 Å². The van der Waals surface area contributed by atoms with Crippen LogP contribution < -0.4 is 10.6 Å². The normalized spacial score (nSPS) is 14.4. The number of anilines is 2. The fourth-order valence-corrected chi connectivity index (χ4v) is 3.32. The highest BCUT2D eigenvalue weighted by Crippen LogP contribution is 2.30. The van der Waals surface area contributed by atoms with Crippen LogP contribution in [-0.2, 0) is 0 Å². The quantitative estimate of drug-likeness (QED) is 0.751. The summed E-state index contributed by atoms with van der Waals surface area (Å²) in [6.07, 6.45) is 0. The first-order chi connectivity index (χ1) is 13.5. The van der Waals surface area contributed by atoms with Crippen LogP contribution in [0.3, 0.4) is 0 Å². The minimum Gasteiger partial charge on any atom is -0.368 e. The zero-order valence-electron chi connectivity index (χ0n) is 14.9. The van der Waals surface area contributed by atoms with Crippen LogP contribution in [-0.4, -0.2) is 42.1 Å². The van der Waals surface area contributed by atoms with E-state index in [1.165, 1.54) is 24.3 Å². The van der Waals surface area contributed by atoms with E-state index in [2.05, 4.69) is 10.1 Å². The van der Waals surface area contributed by atoms with Gasteiger partial charge in [0, 0.05) is 37.4 Å². The Morgan fingerprint density at radius 1 is 1.00 bits per heavy atom. The van der Waals surface area contributed by atoms with Gasteiger partial charge in [-0.25, -0.2) is 8.78 Å². The van der Waals surface area contributed by atoms with Gasteiger partial charge in [-0.15, -0.1) is 0 Å². The molecule has 0 aliphatic carbocycles. The maximum absolute atomic E-state index is 14.2. The highest BCUT2D eigenvalue weighted by Gasteiger charge is 2.30. The van der Waals surface area contributed by atoms with E-state index in [1.54, 1.807) is 29.2 Å². The minimum absolute atomic E-state index is 0.0698. The third kappa shape index (κ3) is 3.28. The maximum atomic E-state index is 14.2. The molecular formula is C20H18F2N4O2. The van der Waals surface area contributed by atoms with Crippen LogP contribution in [0.5, 0.6) is 0 Å². The Balaban J connectivity index is 1.53. The summed E-state index contributed by atoms with van der Waals surface area (Å²) in [6, 6.07) is 12.3. The molecule has 2 aromatic carbocycles. The van der Waals surface area contributed by atoms with Crippen LogP contribution >= 0.6 is 0 Å². The molecule has 0 unspecified atom stereocenters. The van der Waals surface area contributed by atoms with E-state index < -0.39 is 5.82 Å². The van der Waals surface area contributed by atoms with Gasteiger partial charge in [-0.3, -0.25) is 4.79 Å². The molecule has 0 atom stereocenters. The van der Waals surface area contributed by atoms with E-state index in [4.69, 9.17) is 10.3 Å². The van der Waals surface area contributed by atoms with Crippen molar-refractivity contribution in [1.29, 1.82) is 0 Å². The van der Waals surface area contributed by atoms with Gasteiger partial charge in [0.15, 0.2) is 0 Å². The molecule has 2 N–H and O–H groups in total. The van der Waals surface area contributed by atoms with Crippen molar-refractivity contribution in [1.82, 2.24) is 10.1 Å². The van der Waals surface area contributed by atoms with Gasteiger partial charge in [0.1, 0.15) is 22.9 Å². The summed E-state index contributed by atoms with van der Waals surface area (Å²) in [7, 11) is 0. The first-order valence-corrected chi connectivity index (χ1v) is 8.84. The predicted molar refractivity (Wildman–Crippen MR) is 101 cm³/mol. The number of aromatic nitrogens is 1. The summed E-state index contributed by atoms with van der Waals surface area (Å²) in [5.74, 6) is -1.29. The molecule has 6 nitrogen and oxygen atoms in total. The van der Waals surface area contributed by atoms with Crippen LogP contribution in [0.2, 0.25) is 0 Å². The topological polar surface area (TPSA) is 75.6 Å². The van der Waals surface area contributed by atoms with Gasteiger partial charge < -0.3 is 20.1 Å². The molecule has 1 aliphatic rings. The van der Waals surface area contributed by atoms with Crippen molar-refractivity contribution in [2.75, 3.05) is 36.8 Å². The summed E-state index contributed by atoms with van der Waals surface area (Å²) < 4.78 is 32.2. The number of amides is 1. The molecule has 1 fully saturated rings. The lowest BCUT2D eigenvalue weighted by Crippen LogP contribution is -2.49. The van der Waals surface area contributed by atoms with Crippen LogP contribution in [0.4, 0.5) is 20.4 Å². The second kappa shape index (κ2) is 7.30. The largest absolute Gasteiger partial charge is 0.368 e. The number of hydrogen-bond donors (Lipinski definition) is 1. The summed E-state index contributed by atoms with van der Waals surface area (Å²) >= 11 is 0. The van der Waals surface area contributed by atoms with Crippen LogP contribution in [0.1, 0.15) is 10.4 Å². The number of nitrogens with zero attached hydrogens (tertiary/aromatic N) is 3. The molecule has 28 heavy (non-hydrogen) atoms. The minimum atomic E-state index is -0.508. The number of halogens is 2. The molecule has 1 aromatic heterocycles. The molecule has 0 spiro atoms. The first-order valence-electron chi connectivity index (χ1n) is 8.84. The van der Waals surface area contributed by atoms with Crippen molar-refractivity contribution in [2.24, 2.45) is 0 Å². The van der Waals surface area contributed by atoms with Gasteiger partial charge in [-0.05, 0) is 36.4 Å². The lowest BCUT2D eigenvalue weighted by Gasteiger charge is -2.36. The third-order valence-electron chi connectivity index (χ3n) is 4.82. The number of nitrogen functional groups attached to an aromatic ring is 1. The average Bonchev–Trinajstić information content (AvgIpc) is 3.10. The van der Waals surface area contributed by atoms with Crippen LogP contribution in [0.25, 0.3) is 11.3 Å². The zero-order valence-corrected chi connectivity index (χ0v) is 14.9. The molecule has 1 saturated heterocycles. The molecule has 4 rings (SSSR count). The molecule has 144 valence electrons.